The zero-order valence-electron chi connectivity index (χ0n) is 18.9. The third-order valence-corrected chi connectivity index (χ3v) is 8.63. The van der Waals surface area contributed by atoms with E-state index in [-0.39, 0.29) is 28.2 Å². The van der Waals surface area contributed by atoms with Crippen molar-refractivity contribution >= 4 is 44.7 Å². The van der Waals surface area contributed by atoms with Gasteiger partial charge in [-0.25, -0.2) is 14.6 Å². The Morgan fingerprint density at radius 2 is 1.75 bits per heavy atom. The molecule has 2 saturated carbocycles. The highest BCUT2D eigenvalue weighted by molar-refractivity contribution is 7.81. The minimum atomic E-state index is -2.81. The van der Waals surface area contributed by atoms with E-state index < -0.39 is 22.8 Å². The van der Waals surface area contributed by atoms with E-state index >= 15 is 0 Å². The number of carboxylic acid groups (broad SMARTS) is 1. The molecule has 11 heteroatoms. The maximum absolute atomic E-state index is 13.4. The Morgan fingerprint density at radius 1 is 1.16 bits per heavy atom. The zero-order chi connectivity index (χ0) is 23.5. The van der Waals surface area contributed by atoms with Crippen LogP contribution in [0.4, 0.5) is 14.9 Å². The summed E-state index contributed by atoms with van der Waals surface area (Å²) in [6.45, 7) is 4.86. The van der Waals surface area contributed by atoms with Gasteiger partial charge in [-0.05, 0) is 58.3 Å². The minimum absolute atomic E-state index is 0.136. The zero-order valence-corrected chi connectivity index (χ0v) is 20.5. The average molecular weight is 486 g/mol. The molecule has 32 heavy (non-hydrogen) atoms. The molecule has 9 nitrogen and oxygen atoms in total. The van der Waals surface area contributed by atoms with E-state index in [0.717, 1.165) is 67.0 Å². The van der Waals surface area contributed by atoms with Crippen molar-refractivity contribution in [2.24, 2.45) is 5.92 Å². The highest BCUT2D eigenvalue weighted by Gasteiger charge is 2.38. The van der Waals surface area contributed by atoms with Crippen LogP contribution in [-0.2, 0) is 16.1 Å². The van der Waals surface area contributed by atoms with Gasteiger partial charge in [-0.2, -0.15) is 0 Å². The summed E-state index contributed by atoms with van der Waals surface area (Å²) in [7, 11) is 0. The number of aromatic nitrogens is 1. The van der Waals surface area contributed by atoms with E-state index in [1.807, 2.05) is 4.90 Å². The van der Waals surface area contributed by atoms with Gasteiger partial charge >= 0.3 is 12.0 Å². The number of rotatable bonds is 7. The predicted molar refractivity (Wildman–Crippen MR) is 124 cm³/mol. The van der Waals surface area contributed by atoms with Gasteiger partial charge < -0.3 is 14.6 Å². The van der Waals surface area contributed by atoms with Gasteiger partial charge in [0.05, 0.1) is 6.20 Å². The lowest BCUT2D eigenvalue weighted by atomic mass is 9.84. The van der Waals surface area contributed by atoms with Crippen LogP contribution in [-0.4, -0.2) is 53.4 Å². The van der Waals surface area contributed by atoms with Gasteiger partial charge in [-0.1, -0.05) is 37.5 Å². The van der Waals surface area contributed by atoms with E-state index in [1.165, 1.54) is 26.5 Å². The Bertz CT molecular complexity index is 832. The molecule has 1 atom stereocenters. The van der Waals surface area contributed by atoms with Gasteiger partial charge in [-0.3, -0.25) is 13.8 Å². The number of anilines is 2. The van der Waals surface area contributed by atoms with Crippen LogP contribution in [0.25, 0.3) is 0 Å². The number of hydrogen-bond donors (Lipinski definition) is 2. The maximum atomic E-state index is 13.4. The monoisotopic (exact) mass is 485 g/mol. The minimum Gasteiger partial charge on any atom is -0.755 e. The van der Waals surface area contributed by atoms with Crippen molar-refractivity contribution in [3.8, 4) is 0 Å². The summed E-state index contributed by atoms with van der Waals surface area (Å²) in [5.74, 6) is -0.601. The molecule has 0 bridgehead atoms. The largest absolute Gasteiger partial charge is 0.755 e. The first kappa shape index (κ1) is 24.9. The molecule has 0 saturated heterocycles. The summed E-state index contributed by atoms with van der Waals surface area (Å²) in [6.07, 6.45) is 10.9. The molecule has 3 rings (SSSR count). The van der Waals surface area contributed by atoms with Crippen molar-refractivity contribution in [3.63, 3.8) is 0 Å². The molecule has 2 aliphatic carbocycles. The molecule has 0 radical (unpaired) electrons. The molecule has 0 aromatic carbocycles. The number of carbonyl (C=O) groups excluding carboxylic acids is 1. The van der Waals surface area contributed by atoms with Gasteiger partial charge in [0.25, 0.3) is 0 Å². The van der Waals surface area contributed by atoms with Gasteiger partial charge in [0.2, 0.25) is 0 Å². The van der Waals surface area contributed by atoms with Crippen molar-refractivity contribution in [3.05, 3.63) is 6.20 Å². The number of carbonyl (C=O) groups is 2. The third-order valence-electron chi connectivity index (χ3n) is 6.67. The van der Waals surface area contributed by atoms with Crippen LogP contribution in [0.5, 0.6) is 0 Å². The number of nitrogens with one attached hydrogen (secondary N) is 1. The highest BCUT2D eigenvalue weighted by atomic mass is 32.2. The number of hydrogen-bond acceptors (Lipinski definition) is 6. The number of aliphatic carboxylic acids is 1. The standard InChI is InChI=1S/C21H34N4O5S2/c1-14-9-11-16(12-10-14)24(15-7-5-4-6-8-15)20(28)23-19-22-13-17(31-19)25(32(29)30)21(2,3)18(26)27/h13-16H,4-12H2,1-3H3,(H,26,27)(H,29,30)(H,22,23,28)/p-1. The molecule has 1 unspecified atom stereocenters. The third kappa shape index (κ3) is 5.60. The number of nitrogens with zero attached hydrogens (tertiary/aromatic N) is 3. The van der Waals surface area contributed by atoms with Gasteiger partial charge in [-0.15, -0.1) is 0 Å². The molecule has 1 aromatic heterocycles. The first-order valence-electron chi connectivity index (χ1n) is 11.3. The molecule has 2 aliphatic rings. The quantitative estimate of drug-likeness (QED) is 0.553. The fraction of sp³-hybridized carbons (Fsp3) is 0.762. The van der Waals surface area contributed by atoms with Crippen LogP contribution in [0.2, 0.25) is 0 Å². The molecule has 0 spiro atoms. The second-order valence-electron chi connectivity index (χ2n) is 9.42. The number of amides is 2. The van der Waals surface area contributed by atoms with Crippen molar-refractivity contribution < 1.29 is 23.5 Å². The van der Waals surface area contributed by atoms with E-state index in [4.69, 9.17) is 0 Å². The number of thiazole rings is 1. The summed E-state index contributed by atoms with van der Waals surface area (Å²) in [5, 5.41) is 12.7. The van der Waals surface area contributed by atoms with Gasteiger partial charge in [0.15, 0.2) is 5.13 Å². The fourth-order valence-electron chi connectivity index (χ4n) is 4.71. The SMILES string of the molecule is CC1CCC(N(C(=O)Nc2ncc(N(S(=O)[O-])C(C)(C)C(=O)O)s2)C2CCCCC2)CC1. The molecule has 1 heterocycles. The number of carboxylic acids is 1. The van der Waals surface area contributed by atoms with Crippen molar-refractivity contribution in [2.75, 3.05) is 9.62 Å². The van der Waals surface area contributed by atoms with Crippen molar-refractivity contribution in [2.45, 2.75) is 96.2 Å². The lowest BCUT2D eigenvalue weighted by Gasteiger charge is -2.42. The van der Waals surface area contributed by atoms with Crippen molar-refractivity contribution in [1.29, 1.82) is 0 Å². The Morgan fingerprint density at radius 3 is 2.31 bits per heavy atom. The van der Waals surface area contributed by atoms with Gasteiger partial charge in [0.1, 0.15) is 10.5 Å². The molecular formula is C21H33N4O5S2-. The molecule has 2 amide bonds. The second-order valence-corrected chi connectivity index (χ2v) is 11.2. The van der Waals surface area contributed by atoms with E-state index in [2.05, 4.69) is 17.2 Å². The van der Waals surface area contributed by atoms with Crippen LogP contribution in [0.15, 0.2) is 6.20 Å². The van der Waals surface area contributed by atoms with E-state index in [0.29, 0.717) is 5.92 Å². The first-order valence-corrected chi connectivity index (χ1v) is 13.1. The van der Waals surface area contributed by atoms with E-state index in [9.17, 15) is 23.5 Å². The van der Waals surface area contributed by atoms with Crippen LogP contribution in [0.3, 0.4) is 0 Å². The van der Waals surface area contributed by atoms with Crippen molar-refractivity contribution in [1.82, 2.24) is 9.88 Å². The Kier molecular flexibility index (Phi) is 8.16. The molecule has 1 aromatic rings. The summed E-state index contributed by atoms with van der Waals surface area (Å²) >= 11 is -1.86. The van der Waals surface area contributed by atoms with Gasteiger partial charge in [0, 0.05) is 23.4 Å². The Labute approximate surface area is 196 Å². The van der Waals surface area contributed by atoms with Crippen LogP contribution in [0.1, 0.15) is 78.6 Å². The predicted octanol–water partition coefficient (Wildman–Crippen LogP) is 4.35. The molecule has 180 valence electrons. The van der Waals surface area contributed by atoms with Crippen LogP contribution >= 0.6 is 11.3 Å². The average Bonchev–Trinajstić information content (AvgIpc) is 3.17. The highest BCUT2D eigenvalue weighted by Crippen LogP contribution is 2.35. The first-order chi connectivity index (χ1) is 15.1. The molecule has 2 fully saturated rings. The normalized spacial score (nSPS) is 23.4. The molecule has 2 N–H and O–H groups in total. The maximum Gasteiger partial charge on any atom is 0.329 e. The van der Waals surface area contributed by atoms with E-state index in [1.54, 1.807) is 0 Å². The molecule has 0 aliphatic heterocycles. The van der Waals surface area contributed by atoms with Crippen LogP contribution in [0, 0.1) is 5.92 Å². The lowest BCUT2D eigenvalue weighted by molar-refractivity contribution is -0.141. The van der Waals surface area contributed by atoms with Crippen LogP contribution < -0.4 is 9.62 Å². The summed E-state index contributed by atoms with van der Waals surface area (Å²) in [6, 6.07) is 0.202. The fourth-order valence-corrected chi connectivity index (χ4v) is 6.50. The topological polar surface area (TPSA) is 126 Å². The molecular weight excluding hydrogens is 452 g/mol. The smallest absolute Gasteiger partial charge is 0.329 e. The summed E-state index contributed by atoms with van der Waals surface area (Å²) in [5.41, 5.74) is -1.69. The summed E-state index contributed by atoms with van der Waals surface area (Å²) < 4.78 is 24.3. The lowest BCUT2D eigenvalue weighted by Crippen LogP contribution is -2.51. The number of urea groups is 1. The summed E-state index contributed by atoms with van der Waals surface area (Å²) in [4.78, 5) is 31.1. The second kappa shape index (κ2) is 10.5. The Hall–Kier alpha value is -1.72. The Balaban J connectivity index is 1.78.